The van der Waals surface area contributed by atoms with Gasteiger partial charge in [-0.1, -0.05) is 18.2 Å². The fourth-order valence-corrected chi connectivity index (χ4v) is 2.34. The number of rotatable bonds is 7. The Morgan fingerprint density at radius 2 is 1.95 bits per heavy atom. The summed E-state index contributed by atoms with van der Waals surface area (Å²) in [7, 11) is 0. The highest BCUT2D eigenvalue weighted by molar-refractivity contribution is 6.07. The second-order valence-corrected chi connectivity index (χ2v) is 5.09. The van der Waals surface area contributed by atoms with Gasteiger partial charge in [0.15, 0.2) is 5.78 Å². The molecule has 0 aliphatic heterocycles. The van der Waals surface area contributed by atoms with Crippen molar-refractivity contribution in [1.29, 1.82) is 0 Å². The zero-order valence-electron chi connectivity index (χ0n) is 12.3. The number of hydrogen-bond donors (Lipinski definition) is 2. The number of Topliss-reactive ketones (excluding diaryl/α,β-unsaturated/α-hetero) is 1. The largest absolute Gasteiger partial charge is 0.481 e. The molecule has 6 heteroatoms. The van der Waals surface area contributed by atoms with Crippen LogP contribution in [0.5, 0.6) is 0 Å². The SMILES string of the molecule is CC(=O)c1cn(CC(=O)NCCCC(=O)O)c2ccccc12. The maximum absolute atomic E-state index is 11.9. The lowest BCUT2D eigenvalue weighted by molar-refractivity contribution is -0.137. The molecule has 2 rings (SSSR count). The van der Waals surface area contributed by atoms with E-state index in [1.165, 1.54) is 6.92 Å². The molecule has 2 aromatic rings. The Morgan fingerprint density at radius 3 is 2.64 bits per heavy atom. The van der Waals surface area contributed by atoms with Gasteiger partial charge in [-0.15, -0.1) is 0 Å². The average molecular weight is 302 g/mol. The minimum Gasteiger partial charge on any atom is -0.481 e. The van der Waals surface area contributed by atoms with E-state index in [4.69, 9.17) is 5.11 Å². The van der Waals surface area contributed by atoms with Gasteiger partial charge in [-0.05, 0) is 19.4 Å². The number of para-hydroxylation sites is 1. The predicted molar refractivity (Wildman–Crippen MR) is 81.8 cm³/mol. The summed E-state index contributed by atoms with van der Waals surface area (Å²) in [5.74, 6) is -1.13. The van der Waals surface area contributed by atoms with Crippen LogP contribution in [0.25, 0.3) is 10.9 Å². The lowest BCUT2D eigenvalue weighted by Crippen LogP contribution is -2.28. The summed E-state index contributed by atoms with van der Waals surface area (Å²) in [6.45, 7) is 1.92. The van der Waals surface area contributed by atoms with E-state index in [-0.39, 0.29) is 24.7 Å². The van der Waals surface area contributed by atoms with Gasteiger partial charge in [0.1, 0.15) is 6.54 Å². The summed E-state index contributed by atoms with van der Waals surface area (Å²) >= 11 is 0. The molecule has 116 valence electrons. The number of carbonyl (C=O) groups excluding carboxylic acids is 2. The molecule has 0 fully saturated rings. The van der Waals surface area contributed by atoms with Crippen LogP contribution in [0.3, 0.4) is 0 Å². The molecular formula is C16H18N2O4. The van der Waals surface area contributed by atoms with Crippen molar-refractivity contribution in [3.8, 4) is 0 Å². The number of ketones is 1. The Kier molecular flexibility index (Phi) is 4.93. The number of benzene rings is 1. The quantitative estimate of drug-likeness (QED) is 0.603. The smallest absolute Gasteiger partial charge is 0.303 e. The lowest BCUT2D eigenvalue weighted by atomic mass is 10.1. The van der Waals surface area contributed by atoms with Crippen LogP contribution in [0.15, 0.2) is 30.5 Å². The Bertz CT molecular complexity index is 718. The number of nitrogens with zero attached hydrogens (tertiary/aromatic N) is 1. The van der Waals surface area contributed by atoms with Gasteiger partial charge in [0.25, 0.3) is 0 Å². The van der Waals surface area contributed by atoms with Crippen LogP contribution in [0.2, 0.25) is 0 Å². The third-order valence-corrected chi connectivity index (χ3v) is 3.37. The number of hydrogen-bond acceptors (Lipinski definition) is 3. The van der Waals surface area contributed by atoms with Crippen LogP contribution < -0.4 is 5.32 Å². The van der Waals surface area contributed by atoms with E-state index in [1.807, 2.05) is 24.3 Å². The summed E-state index contributed by atoms with van der Waals surface area (Å²) in [5.41, 5.74) is 1.42. The van der Waals surface area contributed by atoms with Crippen LogP contribution in [-0.2, 0) is 16.1 Å². The van der Waals surface area contributed by atoms with Gasteiger partial charge in [-0.3, -0.25) is 14.4 Å². The predicted octanol–water partition coefficient (Wildman–Crippen LogP) is 1.82. The molecule has 0 bridgehead atoms. The van der Waals surface area contributed by atoms with Gasteiger partial charge in [0.2, 0.25) is 5.91 Å². The van der Waals surface area contributed by atoms with E-state index < -0.39 is 5.97 Å². The van der Waals surface area contributed by atoms with E-state index in [2.05, 4.69) is 5.32 Å². The fraction of sp³-hybridized carbons (Fsp3) is 0.312. The summed E-state index contributed by atoms with van der Waals surface area (Å²) in [4.78, 5) is 34.0. The van der Waals surface area contributed by atoms with Crippen molar-refractivity contribution in [3.05, 3.63) is 36.0 Å². The molecule has 1 amide bonds. The Labute approximate surface area is 127 Å². The first kappa shape index (κ1) is 15.8. The minimum absolute atomic E-state index is 0.0290. The Balaban J connectivity index is 2.06. The monoisotopic (exact) mass is 302 g/mol. The summed E-state index contributed by atoms with van der Waals surface area (Å²) in [6.07, 6.45) is 2.11. The van der Waals surface area contributed by atoms with E-state index in [1.54, 1.807) is 10.8 Å². The van der Waals surface area contributed by atoms with E-state index >= 15 is 0 Å². The highest BCUT2D eigenvalue weighted by Crippen LogP contribution is 2.21. The number of fused-ring (bicyclic) bond motifs is 1. The van der Waals surface area contributed by atoms with Crippen LogP contribution >= 0.6 is 0 Å². The molecule has 0 saturated heterocycles. The van der Waals surface area contributed by atoms with Crippen LogP contribution in [-0.4, -0.2) is 33.9 Å². The van der Waals surface area contributed by atoms with Crippen molar-refractivity contribution in [2.75, 3.05) is 6.54 Å². The first-order chi connectivity index (χ1) is 10.5. The van der Waals surface area contributed by atoms with E-state index in [9.17, 15) is 14.4 Å². The average Bonchev–Trinajstić information content (AvgIpc) is 2.83. The topological polar surface area (TPSA) is 88.4 Å². The molecule has 0 saturated carbocycles. The molecule has 2 N–H and O–H groups in total. The number of amides is 1. The molecule has 6 nitrogen and oxygen atoms in total. The zero-order chi connectivity index (χ0) is 16.1. The third-order valence-electron chi connectivity index (χ3n) is 3.37. The molecule has 0 spiro atoms. The summed E-state index contributed by atoms with van der Waals surface area (Å²) in [5, 5.41) is 12.0. The molecule has 1 heterocycles. The van der Waals surface area contributed by atoms with Crippen molar-refractivity contribution in [1.82, 2.24) is 9.88 Å². The Morgan fingerprint density at radius 1 is 1.23 bits per heavy atom. The lowest BCUT2D eigenvalue weighted by Gasteiger charge is -2.06. The molecule has 0 aliphatic rings. The number of nitrogens with one attached hydrogen (secondary N) is 1. The third kappa shape index (κ3) is 3.72. The van der Waals surface area contributed by atoms with Crippen molar-refractivity contribution in [3.63, 3.8) is 0 Å². The zero-order valence-corrected chi connectivity index (χ0v) is 12.3. The molecule has 0 unspecified atom stereocenters. The van der Waals surface area contributed by atoms with E-state index in [0.717, 1.165) is 10.9 Å². The molecule has 0 aliphatic carbocycles. The fourth-order valence-electron chi connectivity index (χ4n) is 2.34. The van der Waals surface area contributed by atoms with Crippen LogP contribution in [0.1, 0.15) is 30.1 Å². The second kappa shape index (κ2) is 6.89. The molecular weight excluding hydrogens is 284 g/mol. The van der Waals surface area contributed by atoms with Gasteiger partial charge in [0, 0.05) is 35.6 Å². The van der Waals surface area contributed by atoms with Crippen molar-refractivity contribution in [2.45, 2.75) is 26.3 Å². The number of carboxylic acid groups (broad SMARTS) is 1. The minimum atomic E-state index is -0.878. The molecule has 0 atom stereocenters. The van der Waals surface area contributed by atoms with Crippen molar-refractivity contribution < 1.29 is 19.5 Å². The Hall–Kier alpha value is -2.63. The maximum Gasteiger partial charge on any atom is 0.303 e. The van der Waals surface area contributed by atoms with Gasteiger partial charge < -0.3 is 15.0 Å². The van der Waals surface area contributed by atoms with Crippen molar-refractivity contribution >= 4 is 28.6 Å². The molecule has 0 radical (unpaired) electrons. The summed E-state index contributed by atoms with van der Waals surface area (Å²) in [6, 6.07) is 7.42. The normalized spacial score (nSPS) is 10.6. The van der Waals surface area contributed by atoms with Gasteiger partial charge >= 0.3 is 5.97 Å². The first-order valence-electron chi connectivity index (χ1n) is 7.06. The number of carbonyl (C=O) groups is 3. The van der Waals surface area contributed by atoms with E-state index in [0.29, 0.717) is 18.5 Å². The molecule has 22 heavy (non-hydrogen) atoms. The standard InChI is InChI=1S/C16H18N2O4/c1-11(19)13-9-18(14-6-3-2-5-12(13)14)10-15(20)17-8-4-7-16(21)22/h2-3,5-6,9H,4,7-8,10H2,1H3,(H,17,20)(H,21,22). The number of carboxylic acids is 1. The highest BCUT2D eigenvalue weighted by atomic mass is 16.4. The van der Waals surface area contributed by atoms with Gasteiger partial charge in [-0.25, -0.2) is 0 Å². The maximum atomic E-state index is 11.9. The van der Waals surface area contributed by atoms with Gasteiger partial charge in [-0.2, -0.15) is 0 Å². The number of aliphatic carboxylic acids is 1. The number of aromatic nitrogens is 1. The van der Waals surface area contributed by atoms with Crippen molar-refractivity contribution in [2.24, 2.45) is 0 Å². The molecule has 1 aromatic carbocycles. The molecule has 1 aromatic heterocycles. The second-order valence-electron chi connectivity index (χ2n) is 5.09. The van der Waals surface area contributed by atoms with Gasteiger partial charge in [0.05, 0.1) is 0 Å². The highest BCUT2D eigenvalue weighted by Gasteiger charge is 2.13. The summed E-state index contributed by atoms with van der Waals surface area (Å²) < 4.78 is 1.73. The van der Waals surface area contributed by atoms with Crippen LogP contribution in [0, 0.1) is 0 Å². The van der Waals surface area contributed by atoms with Crippen LogP contribution in [0.4, 0.5) is 0 Å². The first-order valence-corrected chi connectivity index (χ1v) is 7.06.